The smallest absolute Gasteiger partial charge is 0.416 e. The van der Waals surface area contributed by atoms with Crippen molar-refractivity contribution in [2.24, 2.45) is 0 Å². The minimum Gasteiger partial charge on any atom is -0.465 e. The quantitative estimate of drug-likeness (QED) is 0.241. The summed E-state index contributed by atoms with van der Waals surface area (Å²) >= 11 is 0. The van der Waals surface area contributed by atoms with Crippen molar-refractivity contribution in [3.63, 3.8) is 0 Å². The molecule has 3 aromatic carbocycles. The van der Waals surface area contributed by atoms with Gasteiger partial charge in [-0.05, 0) is 74.4 Å². The Morgan fingerprint density at radius 3 is 2.02 bits per heavy atom. The van der Waals surface area contributed by atoms with Crippen LogP contribution in [0.25, 0.3) is 28.1 Å². The van der Waals surface area contributed by atoms with E-state index in [9.17, 15) is 22.8 Å². The first-order valence-electron chi connectivity index (χ1n) is 14.0. The van der Waals surface area contributed by atoms with Crippen LogP contribution < -0.4 is 4.90 Å². The molecule has 1 aliphatic heterocycles. The summed E-state index contributed by atoms with van der Waals surface area (Å²) in [5, 5.41) is 8.28. The number of anilines is 1. The molecule has 0 unspecified atom stereocenters. The van der Waals surface area contributed by atoms with Gasteiger partial charge in [0.2, 0.25) is 0 Å². The Morgan fingerprint density at radius 2 is 1.43 bits per heavy atom. The number of carbonyl (C=O) groups excluding carboxylic acids is 2. The summed E-state index contributed by atoms with van der Waals surface area (Å²) in [7, 11) is 1.30. The third-order valence-corrected chi connectivity index (χ3v) is 7.10. The molecule has 0 aliphatic carbocycles. The monoisotopic (exact) mass is 607 g/mol. The van der Waals surface area contributed by atoms with Crippen molar-refractivity contribution in [1.29, 1.82) is 0 Å². The van der Waals surface area contributed by atoms with Gasteiger partial charge in [0.25, 0.3) is 0 Å². The molecule has 0 saturated carbocycles. The molecule has 230 valence electrons. The van der Waals surface area contributed by atoms with Gasteiger partial charge >= 0.3 is 18.2 Å². The third kappa shape index (κ3) is 7.01. The molecule has 1 saturated heterocycles. The Balaban J connectivity index is 1.35. The maximum absolute atomic E-state index is 13.0. The van der Waals surface area contributed by atoms with Crippen molar-refractivity contribution >= 4 is 17.7 Å². The molecule has 4 aromatic rings. The predicted octanol–water partition coefficient (Wildman–Crippen LogP) is 6.46. The average Bonchev–Trinajstić information content (AvgIpc) is 3.50. The molecule has 0 spiro atoms. The average molecular weight is 608 g/mol. The number of halogens is 3. The fourth-order valence-corrected chi connectivity index (χ4v) is 4.84. The van der Waals surface area contributed by atoms with Gasteiger partial charge in [0.1, 0.15) is 11.3 Å². The van der Waals surface area contributed by atoms with Gasteiger partial charge in [-0.1, -0.05) is 29.5 Å². The fraction of sp³-hybridized carbons (Fsp3) is 0.312. The molecule has 0 N–H and O–H groups in total. The predicted molar refractivity (Wildman–Crippen MR) is 159 cm³/mol. The minimum absolute atomic E-state index is 0.300. The zero-order valence-electron chi connectivity index (χ0n) is 24.8. The molecule has 0 radical (unpaired) electrons. The van der Waals surface area contributed by atoms with Crippen LogP contribution in [-0.2, 0) is 15.7 Å². The highest BCUT2D eigenvalue weighted by molar-refractivity contribution is 5.92. The van der Waals surface area contributed by atoms with Gasteiger partial charge in [-0.15, -0.1) is 5.10 Å². The summed E-state index contributed by atoms with van der Waals surface area (Å²) < 4.78 is 50.8. The number of alkyl halides is 3. The molecule has 0 bridgehead atoms. The van der Waals surface area contributed by atoms with Gasteiger partial charge < -0.3 is 19.3 Å². The van der Waals surface area contributed by atoms with E-state index < -0.39 is 23.3 Å². The number of methoxy groups -OCH3 is 1. The van der Waals surface area contributed by atoms with Gasteiger partial charge in [0.15, 0.2) is 0 Å². The van der Waals surface area contributed by atoms with Gasteiger partial charge in [0, 0.05) is 37.4 Å². The van der Waals surface area contributed by atoms with Crippen LogP contribution in [0.4, 0.5) is 23.7 Å². The molecule has 0 atom stereocenters. The van der Waals surface area contributed by atoms with Crippen molar-refractivity contribution in [1.82, 2.24) is 19.9 Å². The summed E-state index contributed by atoms with van der Waals surface area (Å²) in [6.07, 6.45) is -3.16. The molecule has 2 heterocycles. The number of esters is 1. The highest BCUT2D eigenvalue weighted by atomic mass is 19.4. The maximum atomic E-state index is 13.0. The number of aromatic nitrogens is 3. The summed E-state index contributed by atoms with van der Waals surface area (Å²) in [5.74, 6) is -0.532. The van der Waals surface area contributed by atoms with Crippen LogP contribution in [0.3, 0.4) is 0 Å². The lowest BCUT2D eigenvalue weighted by Gasteiger charge is -2.36. The van der Waals surface area contributed by atoms with E-state index in [4.69, 9.17) is 9.47 Å². The first kappa shape index (κ1) is 30.6. The van der Waals surface area contributed by atoms with Crippen molar-refractivity contribution in [2.45, 2.75) is 32.5 Å². The second-order valence-corrected chi connectivity index (χ2v) is 11.4. The van der Waals surface area contributed by atoms with E-state index in [2.05, 4.69) is 15.2 Å². The Bertz CT molecular complexity index is 1640. The zero-order chi connectivity index (χ0) is 31.6. The number of nitrogens with zero attached hydrogens (tertiary/aromatic N) is 5. The molecule has 1 aromatic heterocycles. The van der Waals surface area contributed by atoms with Gasteiger partial charge in [-0.25, -0.2) is 14.3 Å². The number of hydrogen-bond donors (Lipinski definition) is 0. The molecule has 1 fully saturated rings. The molecule has 1 amide bonds. The van der Waals surface area contributed by atoms with Crippen molar-refractivity contribution in [2.75, 3.05) is 38.2 Å². The molecular weight excluding hydrogens is 575 g/mol. The molecule has 44 heavy (non-hydrogen) atoms. The molecule has 1 aliphatic rings. The number of carbonyl (C=O) groups is 2. The lowest BCUT2D eigenvalue weighted by atomic mass is 10.0. The highest BCUT2D eigenvalue weighted by Crippen LogP contribution is 2.31. The van der Waals surface area contributed by atoms with Crippen LogP contribution in [-0.4, -0.2) is 70.8 Å². The molecular formula is C32H32F3N5O4. The first-order valence-corrected chi connectivity index (χ1v) is 14.0. The summed E-state index contributed by atoms with van der Waals surface area (Å²) in [6, 6.07) is 17.7. The standard InChI is InChI=1S/C32H32F3N5O4/c1-31(2,3)44-30(42)39-15-13-38(14-16-39)26-11-7-21(8-12-26)23-17-24(29(41)43-4)19-27(18-23)40-20-28(36-37-40)22-5-9-25(10-6-22)32(33,34)35/h5-12,17-20H,13-16H2,1-4H3. The number of ether oxygens (including phenoxy) is 2. The SMILES string of the molecule is COC(=O)c1cc(-c2ccc(N3CCN(C(=O)OC(C)(C)C)CC3)cc2)cc(-n2cc(-c3ccc(C(F)(F)F)cc3)nn2)c1. The molecule has 5 rings (SSSR count). The number of piperazine rings is 1. The Labute approximate surface area is 252 Å². The lowest BCUT2D eigenvalue weighted by molar-refractivity contribution is -0.137. The Kier molecular flexibility index (Phi) is 8.36. The van der Waals surface area contributed by atoms with Crippen LogP contribution in [0.15, 0.2) is 72.9 Å². The van der Waals surface area contributed by atoms with Gasteiger partial charge in [-0.3, -0.25) is 0 Å². The largest absolute Gasteiger partial charge is 0.465 e. The number of benzene rings is 3. The summed E-state index contributed by atoms with van der Waals surface area (Å²) in [5.41, 5.74) is 2.95. The minimum atomic E-state index is -4.43. The normalized spacial score (nSPS) is 14.0. The van der Waals surface area contributed by atoms with Gasteiger partial charge in [0.05, 0.1) is 30.1 Å². The van der Waals surface area contributed by atoms with E-state index in [0.29, 0.717) is 48.7 Å². The van der Waals surface area contributed by atoms with Crippen molar-refractivity contribution in [3.8, 4) is 28.1 Å². The summed E-state index contributed by atoms with van der Waals surface area (Å²) in [6.45, 7) is 7.96. The number of amides is 1. The highest BCUT2D eigenvalue weighted by Gasteiger charge is 2.30. The van der Waals surface area contributed by atoms with Crippen LogP contribution in [0.5, 0.6) is 0 Å². The third-order valence-electron chi connectivity index (χ3n) is 7.10. The Morgan fingerprint density at radius 1 is 0.795 bits per heavy atom. The van der Waals surface area contributed by atoms with E-state index in [-0.39, 0.29) is 6.09 Å². The second-order valence-electron chi connectivity index (χ2n) is 11.4. The van der Waals surface area contributed by atoms with Crippen LogP contribution in [0.2, 0.25) is 0 Å². The van der Waals surface area contributed by atoms with Crippen LogP contribution in [0.1, 0.15) is 36.7 Å². The van der Waals surface area contributed by atoms with E-state index in [1.807, 2.05) is 51.1 Å². The Hall–Kier alpha value is -4.87. The molecule has 9 nitrogen and oxygen atoms in total. The fourth-order valence-electron chi connectivity index (χ4n) is 4.84. The van der Waals surface area contributed by atoms with E-state index in [0.717, 1.165) is 28.9 Å². The van der Waals surface area contributed by atoms with Crippen LogP contribution >= 0.6 is 0 Å². The van der Waals surface area contributed by atoms with E-state index >= 15 is 0 Å². The molecule has 12 heteroatoms. The lowest BCUT2D eigenvalue weighted by Crippen LogP contribution is -2.50. The van der Waals surface area contributed by atoms with Crippen molar-refractivity contribution < 1.29 is 32.2 Å². The number of hydrogen-bond acceptors (Lipinski definition) is 7. The zero-order valence-corrected chi connectivity index (χ0v) is 24.8. The van der Waals surface area contributed by atoms with E-state index in [1.54, 1.807) is 23.2 Å². The summed E-state index contributed by atoms with van der Waals surface area (Å²) in [4.78, 5) is 28.8. The van der Waals surface area contributed by atoms with Crippen molar-refractivity contribution in [3.05, 3.63) is 84.1 Å². The topological polar surface area (TPSA) is 89.8 Å². The first-order chi connectivity index (χ1) is 20.8. The second kappa shape index (κ2) is 12.0. The number of rotatable bonds is 5. The maximum Gasteiger partial charge on any atom is 0.416 e. The van der Waals surface area contributed by atoms with Gasteiger partial charge in [-0.2, -0.15) is 13.2 Å². The van der Waals surface area contributed by atoms with Crippen LogP contribution in [0, 0.1) is 0 Å². The van der Waals surface area contributed by atoms with E-state index in [1.165, 1.54) is 23.9 Å².